The fraction of sp³-hybridized carbons (Fsp3) is 0.188. The summed E-state index contributed by atoms with van der Waals surface area (Å²) in [6, 6.07) is 36.9. The Morgan fingerprint density at radius 1 is 0.559 bits per heavy atom. The van der Waals surface area contributed by atoms with E-state index in [0.29, 0.717) is 6.42 Å². The average molecular weight is 441 g/mol. The lowest BCUT2D eigenvalue weighted by molar-refractivity contribution is 0.0745. The van der Waals surface area contributed by atoms with E-state index in [0.717, 1.165) is 33.4 Å². The van der Waals surface area contributed by atoms with Crippen molar-refractivity contribution in [2.75, 3.05) is 0 Å². The SMILES string of the molecule is O=C1c2ccccc2[C@H]2[C@@H]1[C@@H](c1ccccc1)[C@@]1(Cc3ccccc3C1=O)[C@@H]2c1ccccc1. The Morgan fingerprint density at radius 3 is 1.74 bits per heavy atom. The third kappa shape index (κ3) is 2.41. The van der Waals surface area contributed by atoms with Crippen molar-refractivity contribution in [3.8, 4) is 0 Å². The molecule has 7 rings (SSSR count). The van der Waals surface area contributed by atoms with Gasteiger partial charge in [0.05, 0.1) is 5.41 Å². The predicted molar refractivity (Wildman–Crippen MR) is 132 cm³/mol. The van der Waals surface area contributed by atoms with Gasteiger partial charge in [-0.15, -0.1) is 0 Å². The first-order valence-electron chi connectivity index (χ1n) is 12.1. The molecule has 1 spiro atoms. The van der Waals surface area contributed by atoms with Crippen molar-refractivity contribution in [3.63, 3.8) is 0 Å². The van der Waals surface area contributed by atoms with Crippen LogP contribution in [0, 0.1) is 11.3 Å². The molecule has 1 saturated carbocycles. The van der Waals surface area contributed by atoms with Gasteiger partial charge in [0.1, 0.15) is 0 Å². The van der Waals surface area contributed by atoms with E-state index >= 15 is 0 Å². The van der Waals surface area contributed by atoms with E-state index in [1.165, 1.54) is 0 Å². The zero-order valence-corrected chi connectivity index (χ0v) is 18.7. The number of hydrogen-bond acceptors (Lipinski definition) is 2. The summed E-state index contributed by atoms with van der Waals surface area (Å²) >= 11 is 0. The number of rotatable bonds is 2. The van der Waals surface area contributed by atoms with Gasteiger partial charge in [-0.3, -0.25) is 9.59 Å². The molecule has 0 aromatic heterocycles. The molecular formula is C32H24O2. The molecule has 0 unspecified atom stereocenters. The maximum Gasteiger partial charge on any atom is 0.170 e. The molecular weight excluding hydrogens is 416 g/mol. The van der Waals surface area contributed by atoms with Crippen molar-refractivity contribution in [2.45, 2.75) is 24.2 Å². The topological polar surface area (TPSA) is 34.1 Å². The molecule has 34 heavy (non-hydrogen) atoms. The van der Waals surface area contributed by atoms with Crippen molar-refractivity contribution in [1.29, 1.82) is 0 Å². The van der Waals surface area contributed by atoms with Crippen LogP contribution in [-0.2, 0) is 6.42 Å². The van der Waals surface area contributed by atoms with Crippen LogP contribution in [0.25, 0.3) is 0 Å². The van der Waals surface area contributed by atoms with E-state index in [4.69, 9.17) is 0 Å². The molecule has 164 valence electrons. The molecule has 0 heterocycles. The summed E-state index contributed by atoms with van der Waals surface area (Å²) in [6.45, 7) is 0. The molecule has 3 aliphatic carbocycles. The molecule has 1 fully saturated rings. The number of carbonyl (C=O) groups is 2. The van der Waals surface area contributed by atoms with E-state index in [1.807, 2.05) is 60.7 Å². The third-order valence-corrected chi connectivity index (χ3v) is 8.59. The minimum absolute atomic E-state index is 0.0189. The second-order valence-corrected chi connectivity index (χ2v) is 9.98. The van der Waals surface area contributed by atoms with Crippen LogP contribution < -0.4 is 0 Å². The van der Waals surface area contributed by atoms with E-state index in [2.05, 4.69) is 48.5 Å². The zero-order chi connectivity index (χ0) is 22.9. The Hall–Kier alpha value is -3.78. The lowest BCUT2D eigenvalue weighted by Gasteiger charge is -2.38. The third-order valence-electron chi connectivity index (χ3n) is 8.59. The molecule has 0 N–H and O–H groups in total. The highest BCUT2D eigenvalue weighted by Crippen LogP contribution is 2.72. The van der Waals surface area contributed by atoms with Crippen molar-refractivity contribution in [3.05, 3.63) is 143 Å². The van der Waals surface area contributed by atoms with E-state index in [-0.39, 0.29) is 35.2 Å². The monoisotopic (exact) mass is 440 g/mol. The second-order valence-electron chi connectivity index (χ2n) is 9.98. The van der Waals surface area contributed by atoms with Crippen LogP contribution in [0.5, 0.6) is 0 Å². The molecule has 0 saturated heterocycles. The maximum absolute atomic E-state index is 14.5. The minimum Gasteiger partial charge on any atom is -0.294 e. The Balaban J connectivity index is 1.56. The van der Waals surface area contributed by atoms with E-state index in [1.54, 1.807) is 0 Å². The van der Waals surface area contributed by atoms with Gasteiger partial charge in [-0.25, -0.2) is 0 Å². The summed E-state index contributed by atoms with van der Waals surface area (Å²) in [5, 5.41) is 0. The summed E-state index contributed by atoms with van der Waals surface area (Å²) in [5.41, 5.74) is 5.43. The van der Waals surface area contributed by atoms with Crippen LogP contribution in [0.15, 0.2) is 109 Å². The quantitative estimate of drug-likeness (QED) is 0.352. The van der Waals surface area contributed by atoms with Gasteiger partial charge in [0.2, 0.25) is 0 Å². The lowest BCUT2D eigenvalue weighted by Crippen LogP contribution is -2.38. The molecule has 2 nitrogen and oxygen atoms in total. The number of benzene rings is 4. The summed E-state index contributed by atoms with van der Waals surface area (Å²) in [4.78, 5) is 28.6. The van der Waals surface area contributed by atoms with Crippen LogP contribution >= 0.6 is 0 Å². The summed E-state index contributed by atoms with van der Waals surface area (Å²) < 4.78 is 0. The Morgan fingerprint density at radius 2 is 1.09 bits per heavy atom. The van der Waals surface area contributed by atoms with E-state index in [9.17, 15) is 9.59 Å². The highest BCUT2D eigenvalue weighted by molar-refractivity contribution is 6.10. The largest absolute Gasteiger partial charge is 0.294 e. The number of fused-ring (bicyclic) bond motifs is 4. The van der Waals surface area contributed by atoms with Crippen LogP contribution in [0.1, 0.15) is 60.7 Å². The predicted octanol–water partition coefficient (Wildman–Crippen LogP) is 6.59. The molecule has 2 heteroatoms. The van der Waals surface area contributed by atoms with Gasteiger partial charge in [-0.05, 0) is 28.7 Å². The zero-order valence-electron chi connectivity index (χ0n) is 18.7. The van der Waals surface area contributed by atoms with Crippen LogP contribution in [0.3, 0.4) is 0 Å². The number of carbonyl (C=O) groups excluding carboxylic acids is 2. The van der Waals surface area contributed by atoms with Crippen molar-refractivity contribution < 1.29 is 9.59 Å². The van der Waals surface area contributed by atoms with Gasteiger partial charge in [-0.1, -0.05) is 109 Å². The highest BCUT2D eigenvalue weighted by Gasteiger charge is 2.70. The fourth-order valence-electron chi connectivity index (χ4n) is 7.50. The van der Waals surface area contributed by atoms with Crippen LogP contribution in [-0.4, -0.2) is 11.6 Å². The van der Waals surface area contributed by atoms with Crippen LogP contribution in [0.4, 0.5) is 0 Å². The van der Waals surface area contributed by atoms with Crippen molar-refractivity contribution in [2.24, 2.45) is 11.3 Å². The summed E-state index contributed by atoms with van der Waals surface area (Å²) in [6.07, 6.45) is 0.670. The smallest absolute Gasteiger partial charge is 0.170 e. The lowest BCUT2D eigenvalue weighted by atomic mass is 9.62. The molecule has 0 radical (unpaired) electrons. The fourth-order valence-corrected chi connectivity index (χ4v) is 7.50. The number of hydrogen-bond donors (Lipinski definition) is 0. The molecule has 0 amide bonds. The molecule has 5 atom stereocenters. The molecule has 4 aromatic rings. The van der Waals surface area contributed by atoms with Gasteiger partial charge < -0.3 is 0 Å². The van der Waals surface area contributed by atoms with Crippen molar-refractivity contribution in [1.82, 2.24) is 0 Å². The highest BCUT2D eigenvalue weighted by atomic mass is 16.1. The minimum atomic E-state index is -0.690. The first kappa shape index (κ1) is 19.7. The standard InChI is InChI=1S/C32H24O2/c33-30-25-18-10-9-17-24(25)26-27(30)29(21-13-5-2-6-14-21)32(28(26)20-11-3-1-4-12-20)19-22-15-7-8-16-23(22)31(32)34/h1-18,26-29H,19H2/t26-,27+,28+,29+,32+/m0/s1. The van der Waals surface area contributed by atoms with E-state index < -0.39 is 5.41 Å². The van der Waals surface area contributed by atoms with Gasteiger partial charge >= 0.3 is 0 Å². The molecule has 4 aromatic carbocycles. The van der Waals surface area contributed by atoms with Gasteiger partial charge in [0.15, 0.2) is 11.6 Å². The summed E-state index contributed by atoms with van der Waals surface area (Å²) in [7, 11) is 0. The number of Topliss-reactive ketones (excluding diaryl/α,β-unsaturated/α-hetero) is 2. The maximum atomic E-state index is 14.5. The van der Waals surface area contributed by atoms with Gasteiger partial charge in [0, 0.05) is 34.8 Å². The van der Waals surface area contributed by atoms with Crippen LogP contribution in [0.2, 0.25) is 0 Å². The summed E-state index contributed by atoms with van der Waals surface area (Å²) in [5.74, 6) is -0.126. The number of ketones is 2. The first-order valence-corrected chi connectivity index (χ1v) is 12.1. The van der Waals surface area contributed by atoms with Crippen molar-refractivity contribution >= 4 is 11.6 Å². The van der Waals surface area contributed by atoms with Gasteiger partial charge in [0.25, 0.3) is 0 Å². The molecule has 0 aliphatic heterocycles. The Kier molecular flexibility index (Phi) is 4.11. The Bertz CT molecular complexity index is 1440. The van der Waals surface area contributed by atoms with Gasteiger partial charge in [-0.2, -0.15) is 0 Å². The molecule has 0 bridgehead atoms. The Labute approximate surface area is 199 Å². The first-order chi connectivity index (χ1) is 16.7. The average Bonchev–Trinajstić information content (AvgIpc) is 3.46. The molecule has 3 aliphatic rings. The second kappa shape index (κ2) is 7.11. The normalized spacial score (nSPS) is 28.7.